The van der Waals surface area contributed by atoms with Crippen molar-refractivity contribution in [1.82, 2.24) is 20.2 Å². The fourth-order valence-corrected chi connectivity index (χ4v) is 6.16. The predicted molar refractivity (Wildman–Crippen MR) is 145 cm³/mol. The zero-order chi connectivity index (χ0) is 24.3. The van der Waals surface area contributed by atoms with Crippen molar-refractivity contribution in [3.8, 4) is 0 Å². The third kappa shape index (κ3) is 6.16. The number of carbonyl (C=O) groups excluding carboxylic acids is 1. The second-order valence-corrected chi connectivity index (χ2v) is 9.82. The summed E-state index contributed by atoms with van der Waals surface area (Å²) in [5.74, 6) is -0.762. The van der Waals surface area contributed by atoms with Gasteiger partial charge in [-0.15, -0.1) is 24.8 Å². The summed E-state index contributed by atoms with van der Waals surface area (Å²) >= 11 is 1.27. The number of hydrogen-bond donors (Lipinski definition) is 2. The van der Waals surface area contributed by atoms with Crippen LogP contribution in [0.25, 0.3) is 0 Å². The summed E-state index contributed by atoms with van der Waals surface area (Å²) in [5.41, 5.74) is 2.81. The minimum atomic E-state index is -1.11. The molecule has 4 rings (SSSR count). The maximum atomic E-state index is 13.8. The molecule has 2 N–H and O–H groups in total. The third-order valence-corrected chi connectivity index (χ3v) is 7.95. The fraction of sp³-hybridized carbons (Fsp3) is 0.542. The summed E-state index contributed by atoms with van der Waals surface area (Å²) in [4.78, 5) is 33.8. The monoisotopic (exact) mass is 561 g/mol. The average molecular weight is 563 g/mol. The Balaban J connectivity index is 0.00000228. The molecule has 0 aliphatic carbocycles. The summed E-state index contributed by atoms with van der Waals surface area (Å²) in [5, 5.41) is 12.7. The normalized spacial score (nSPS) is 25.4. The Bertz CT molecular complexity index is 986. The van der Waals surface area contributed by atoms with E-state index in [1.807, 2.05) is 5.01 Å². The van der Waals surface area contributed by atoms with E-state index in [-0.39, 0.29) is 36.8 Å². The first-order valence-corrected chi connectivity index (χ1v) is 12.7. The van der Waals surface area contributed by atoms with E-state index in [9.17, 15) is 19.1 Å². The highest BCUT2D eigenvalue weighted by Crippen LogP contribution is 2.44. The van der Waals surface area contributed by atoms with Gasteiger partial charge in [0.1, 0.15) is 5.82 Å². The number of aliphatic imine (C=N–C) groups is 1. The maximum absolute atomic E-state index is 13.8. The fourth-order valence-electron chi connectivity index (χ4n) is 5.18. The number of carboxylic acid groups (broad SMARTS) is 1. The van der Waals surface area contributed by atoms with E-state index in [1.165, 1.54) is 28.8 Å². The van der Waals surface area contributed by atoms with Crippen molar-refractivity contribution in [3.05, 3.63) is 46.6 Å². The smallest absolute Gasteiger partial charge is 0.408 e. The molecular formula is C24H34Cl2FN5O3S. The molecule has 2 saturated heterocycles. The summed E-state index contributed by atoms with van der Waals surface area (Å²) < 4.78 is 13.8. The van der Waals surface area contributed by atoms with E-state index in [4.69, 9.17) is 0 Å². The highest BCUT2D eigenvalue weighted by atomic mass is 35.5. The van der Waals surface area contributed by atoms with Crippen molar-refractivity contribution in [3.63, 3.8) is 0 Å². The predicted octanol–water partition coefficient (Wildman–Crippen LogP) is 4.46. The first-order chi connectivity index (χ1) is 16.4. The van der Waals surface area contributed by atoms with Gasteiger partial charge in [0, 0.05) is 25.7 Å². The van der Waals surface area contributed by atoms with Gasteiger partial charge in [-0.3, -0.25) is 14.7 Å². The van der Waals surface area contributed by atoms with Crippen molar-refractivity contribution in [2.75, 3.05) is 32.7 Å². The molecule has 1 aromatic carbocycles. The summed E-state index contributed by atoms with van der Waals surface area (Å²) in [7, 11) is 0. The van der Waals surface area contributed by atoms with E-state index in [1.54, 1.807) is 18.2 Å². The van der Waals surface area contributed by atoms with Crippen molar-refractivity contribution < 1.29 is 19.1 Å². The van der Waals surface area contributed by atoms with E-state index < -0.39 is 17.4 Å². The van der Waals surface area contributed by atoms with E-state index >= 15 is 0 Å². The van der Waals surface area contributed by atoms with Crippen molar-refractivity contribution in [2.24, 2.45) is 4.99 Å². The molecule has 200 valence electrons. The molecule has 0 aromatic heterocycles. The molecular weight excluding hydrogens is 528 g/mol. The molecule has 0 radical (unpaired) electrons. The summed E-state index contributed by atoms with van der Waals surface area (Å²) in [6, 6.07) is 6.08. The van der Waals surface area contributed by atoms with Crippen LogP contribution in [0.3, 0.4) is 0 Å². The highest BCUT2D eigenvalue weighted by Gasteiger charge is 2.47. The number of hydrogen-bond acceptors (Lipinski definition) is 6. The number of thioether (sulfide) groups is 1. The van der Waals surface area contributed by atoms with Crippen LogP contribution in [0, 0.1) is 5.82 Å². The standard InChI is InChI=1S/C24H32FN5O3S.2ClH/c1-3-28(4-2)19-11-14-29(23(32)33)24(15-19,17-7-9-18(25)10-8-17)16-20-21(31)27-22(34-20)30-13-6-5-12-26-30;;/h7-10,16,19,26H,3-6,11-15H2,1-2H3,(H,32,33);2*1H. The number of benzene rings is 1. The minimum Gasteiger partial charge on any atom is -0.465 e. The SMILES string of the molecule is CCN(CC)C1CCN(C(=O)O)C(C=C2SC(N3CCCCN3)=NC2=O)(c2ccc(F)cc2)C1.Cl.Cl. The number of nitrogens with one attached hydrogen (secondary N) is 1. The molecule has 2 fully saturated rings. The lowest BCUT2D eigenvalue weighted by Crippen LogP contribution is -2.57. The van der Waals surface area contributed by atoms with Gasteiger partial charge in [0.2, 0.25) is 0 Å². The van der Waals surface area contributed by atoms with Crippen LogP contribution in [0.2, 0.25) is 0 Å². The van der Waals surface area contributed by atoms with Gasteiger partial charge < -0.3 is 10.0 Å². The second kappa shape index (κ2) is 13.1. The third-order valence-electron chi connectivity index (χ3n) is 6.94. The van der Waals surface area contributed by atoms with Gasteiger partial charge >= 0.3 is 6.09 Å². The number of piperidine rings is 1. The van der Waals surface area contributed by atoms with Gasteiger partial charge in [-0.2, -0.15) is 4.99 Å². The molecule has 0 spiro atoms. The van der Waals surface area contributed by atoms with Crippen LogP contribution in [-0.2, 0) is 10.3 Å². The molecule has 8 nitrogen and oxygen atoms in total. The van der Waals surface area contributed by atoms with Gasteiger partial charge in [-0.1, -0.05) is 26.0 Å². The second-order valence-electron chi connectivity index (χ2n) is 8.81. The van der Waals surface area contributed by atoms with Crippen LogP contribution in [0.5, 0.6) is 0 Å². The largest absolute Gasteiger partial charge is 0.465 e. The summed E-state index contributed by atoms with van der Waals surface area (Å²) in [6.07, 6.45) is 3.95. The van der Waals surface area contributed by atoms with Crippen LogP contribution < -0.4 is 5.43 Å². The van der Waals surface area contributed by atoms with Crippen LogP contribution in [0.1, 0.15) is 45.1 Å². The molecule has 2 amide bonds. The van der Waals surface area contributed by atoms with Crippen LogP contribution in [0.4, 0.5) is 9.18 Å². The Morgan fingerprint density at radius 1 is 1.25 bits per heavy atom. The van der Waals surface area contributed by atoms with Crippen molar-refractivity contribution in [2.45, 2.75) is 51.1 Å². The molecule has 2 unspecified atom stereocenters. The quantitative estimate of drug-likeness (QED) is 0.513. The van der Waals surface area contributed by atoms with Gasteiger partial charge in [-0.25, -0.2) is 14.6 Å². The van der Waals surface area contributed by atoms with Crippen LogP contribution in [0.15, 0.2) is 40.2 Å². The number of rotatable bonds is 5. The number of amides is 2. The molecule has 12 heteroatoms. The van der Waals surface area contributed by atoms with Gasteiger partial charge in [-0.05, 0) is 74.3 Å². The molecule has 36 heavy (non-hydrogen) atoms. The maximum Gasteiger partial charge on any atom is 0.408 e. The highest BCUT2D eigenvalue weighted by molar-refractivity contribution is 8.18. The first kappa shape index (κ1) is 30.4. The number of likely N-dealkylation sites (tertiary alicyclic amines) is 1. The number of halogens is 3. The molecule has 3 aliphatic rings. The first-order valence-electron chi connectivity index (χ1n) is 11.9. The molecule has 0 saturated carbocycles. The summed E-state index contributed by atoms with van der Waals surface area (Å²) in [6.45, 7) is 7.77. The van der Waals surface area contributed by atoms with Crippen molar-refractivity contribution >= 4 is 53.7 Å². The van der Waals surface area contributed by atoms with Gasteiger partial charge in [0.05, 0.1) is 10.4 Å². The molecule has 2 atom stereocenters. The van der Waals surface area contributed by atoms with E-state index in [0.717, 1.165) is 39.0 Å². The lowest BCUT2D eigenvalue weighted by atomic mass is 9.77. The molecule has 1 aromatic rings. The topological polar surface area (TPSA) is 88.5 Å². The number of hydrazine groups is 1. The minimum absolute atomic E-state index is 0. The number of carbonyl (C=O) groups is 2. The Hall–Kier alpha value is -1.85. The van der Waals surface area contributed by atoms with E-state index in [0.29, 0.717) is 35.0 Å². The Kier molecular flexibility index (Phi) is 11.0. The van der Waals surface area contributed by atoms with Crippen LogP contribution in [-0.4, -0.2) is 75.8 Å². The Morgan fingerprint density at radius 2 is 1.94 bits per heavy atom. The molecule has 3 aliphatic heterocycles. The molecule has 0 bridgehead atoms. The van der Waals surface area contributed by atoms with Crippen molar-refractivity contribution in [1.29, 1.82) is 0 Å². The van der Waals surface area contributed by atoms with Gasteiger partial charge in [0.15, 0.2) is 5.17 Å². The molecule has 3 heterocycles. The zero-order valence-corrected chi connectivity index (χ0v) is 22.9. The number of amidine groups is 1. The lowest BCUT2D eigenvalue weighted by Gasteiger charge is -2.49. The van der Waals surface area contributed by atoms with Gasteiger partial charge in [0.25, 0.3) is 5.91 Å². The average Bonchev–Trinajstić information content (AvgIpc) is 3.20. The Labute approximate surface area is 228 Å². The zero-order valence-electron chi connectivity index (χ0n) is 20.5. The Morgan fingerprint density at radius 3 is 2.53 bits per heavy atom. The lowest BCUT2D eigenvalue weighted by molar-refractivity contribution is -0.113. The van der Waals surface area contributed by atoms with Crippen LogP contribution >= 0.6 is 36.6 Å². The number of nitrogens with zero attached hydrogens (tertiary/aromatic N) is 4. The van der Waals surface area contributed by atoms with E-state index in [2.05, 4.69) is 29.2 Å².